The SMILES string of the molecule is CN(C[C@@H]1CCCCN1C(=O)OC(C)(C)C)C(=O)CN. The third-order valence-corrected chi connectivity index (χ3v) is 3.34. The summed E-state index contributed by atoms with van der Waals surface area (Å²) < 4.78 is 5.43. The molecule has 116 valence electrons. The monoisotopic (exact) mass is 285 g/mol. The van der Waals surface area contributed by atoms with Crippen LogP contribution >= 0.6 is 0 Å². The predicted octanol–water partition coefficient (Wildman–Crippen LogP) is 1.19. The van der Waals surface area contributed by atoms with Gasteiger partial charge in [0.05, 0.1) is 12.6 Å². The molecule has 0 spiro atoms. The molecule has 0 aromatic heterocycles. The number of likely N-dealkylation sites (tertiary alicyclic amines) is 1. The molecule has 1 fully saturated rings. The molecule has 0 unspecified atom stereocenters. The Morgan fingerprint density at radius 3 is 2.55 bits per heavy atom. The molecular formula is C14H27N3O3. The van der Waals surface area contributed by atoms with Crippen molar-refractivity contribution >= 4 is 12.0 Å². The fraction of sp³-hybridized carbons (Fsp3) is 0.857. The normalized spacial score (nSPS) is 19.6. The van der Waals surface area contributed by atoms with Crippen LogP contribution in [0.25, 0.3) is 0 Å². The van der Waals surface area contributed by atoms with Gasteiger partial charge in [0.15, 0.2) is 0 Å². The van der Waals surface area contributed by atoms with E-state index in [1.165, 1.54) is 0 Å². The zero-order valence-corrected chi connectivity index (χ0v) is 13.0. The first kappa shape index (κ1) is 16.8. The van der Waals surface area contributed by atoms with Crippen molar-refractivity contribution in [3.05, 3.63) is 0 Å². The van der Waals surface area contributed by atoms with E-state index >= 15 is 0 Å². The van der Waals surface area contributed by atoms with E-state index in [4.69, 9.17) is 10.5 Å². The second kappa shape index (κ2) is 6.92. The predicted molar refractivity (Wildman–Crippen MR) is 77.3 cm³/mol. The molecule has 0 radical (unpaired) electrons. The molecule has 0 aromatic carbocycles. The summed E-state index contributed by atoms with van der Waals surface area (Å²) in [5.74, 6) is -0.111. The molecule has 6 nitrogen and oxygen atoms in total. The summed E-state index contributed by atoms with van der Waals surface area (Å²) in [5, 5.41) is 0. The van der Waals surface area contributed by atoms with Gasteiger partial charge in [-0.05, 0) is 40.0 Å². The topological polar surface area (TPSA) is 75.9 Å². The quantitative estimate of drug-likeness (QED) is 0.845. The second-order valence-electron chi connectivity index (χ2n) is 6.30. The van der Waals surface area contributed by atoms with E-state index in [2.05, 4.69) is 0 Å². The Kier molecular flexibility index (Phi) is 5.80. The van der Waals surface area contributed by atoms with Crippen LogP contribution < -0.4 is 5.73 Å². The standard InChI is InChI=1S/C14H27N3O3/c1-14(2,3)20-13(19)17-8-6-5-7-11(17)10-16(4)12(18)9-15/h11H,5-10,15H2,1-4H3/t11-/m0/s1. The number of hydrogen-bond donors (Lipinski definition) is 1. The molecule has 1 rings (SSSR count). The van der Waals surface area contributed by atoms with Crippen LogP contribution in [0, 0.1) is 0 Å². The fourth-order valence-electron chi connectivity index (χ4n) is 2.33. The van der Waals surface area contributed by atoms with Gasteiger partial charge in [-0.2, -0.15) is 0 Å². The molecule has 20 heavy (non-hydrogen) atoms. The summed E-state index contributed by atoms with van der Waals surface area (Å²) >= 11 is 0. The summed E-state index contributed by atoms with van der Waals surface area (Å²) in [6.07, 6.45) is 2.64. The summed E-state index contributed by atoms with van der Waals surface area (Å²) in [6.45, 7) is 6.75. The third kappa shape index (κ3) is 5.00. The van der Waals surface area contributed by atoms with Crippen molar-refractivity contribution in [1.29, 1.82) is 0 Å². The molecule has 0 aliphatic carbocycles. The zero-order chi connectivity index (χ0) is 15.3. The lowest BCUT2D eigenvalue weighted by molar-refractivity contribution is -0.129. The van der Waals surface area contributed by atoms with Crippen LogP contribution in [0.4, 0.5) is 4.79 Å². The summed E-state index contributed by atoms with van der Waals surface area (Å²) in [6, 6.07) is 0.0131. The Bertz CT molecular complexity index is 352. The van der Waals surface area contributed by atoms with Gasteiger partial charge >= 0.3 is 6.09 Å². The number of carbonyl (C=O) groups is 2. The Morgan fingerprint density at radius 2 is 2.00 bits per heavy atom. The lowest BCUT2D eigenvalue weighted by atomic mass is 10.0. The Balaban J connectivity index is 2.67. The smallest absolute Gasteiger partial charge is 0.410 e. The van der Waals surface area contributed by atoms with E-state index in [1.54, 1.807) is 16.8 Å². The molecular weight excluding hydrogens is 258 g/mol. The van der Waals surface area contributed by atoms with Crippen molar-refractivity contribution in [2.45, 2.75) is 51.7 Å². The number of nitrogens with two attached hydrogens (primary N) is 1. The van der Waals surface area contributed by atoms with Crippen LogP contribution in [-0.2, 0) is 9.53 Å². The van der Waals surface area contributed by atoms with Gasteiger partial charge in [-0.3, -0.25) is 4.79 Å². The minimum atomic E-state index is -0.502. The summed E-state index contributed by atoms with van der Waals surface area (Å²) in [7, 11) is 1.72. The van der Waals surface area contributed by atoms with Gasteiger partial charge in [-0.25, -0.2) is 4.79 Å². The highest BCUT2D eigenvalue weighted by Crippen LogP contribution is 2.21. The van der Waals surface area contributed by atoms with Crippen molar-refractivity contribution < 1.29 is 14.3 Å². The zero-order valence-electron chi connectivity index (χ0n) is 13.0. The van der Waals surface area contributed by atoms with Gasteiger partial charge in [-0.1, -0.05) is 0 Å². The maximum absolute atomic E-state index is 12.2. The maximum atomic E-state index is 12.2. The van der Waals surface area contributed by atoms with Crippen molar-refractivity contribution in [3.63, 3.8) is 0 Å². The van der Waals surface area contributed by atoms with Gasteiger partial charge in [0.1, 0.15) is 5.60 Å². The first-order valence-electron chi connectivity index (χ1n) is 7.18. The van der Waals surface area contributed by atoms with E-state index in [9.17, 15) is 9.59 Å². The molecule has 1 atom stereocenters. The van der Waals surface area contributed by atoms with Gasteiger partial charge in [0.2, 0.25) is 5.91 Å². The molecule has 2 amide bonds. The number of rotatable bonds is 3. The number of nitrogens with zero attached hydrogens (tertiary/aromatic N) is 2. The van der Waals surface area contributed by atoms with Crippen LogP contribution in [0.3, 0.4) is 0 Å². The minimum absolute atomic E-state index is 0.00431. The van der Waals surface area contributed by atoms with E-state index in [-0.39, 0.29) is 24.6 Å². The number of likely N-dealkylation sites (N-methyl/N-ethyl adjacent to an activating group) is 1. The number of amides is 2. The van der Waals surface area contributed by atoms with Gasteiger partial charge in [0, 0.05) is 20.1 Å². The lowest BCUT2D eigenvalue weighted by Gasteiger charge is -2.38. The number of carbonyl (C=O) groups excluding carboxylic acids is 2. The van der Waals surface area contributed by atoms with E-state index in [0.717, 1.165) is 19.3 Å². The van der Waals surface area contributed by atoms with Crippen LogP contribution in [0.1, 0.15) is 40.0 Å². The van der Waals surface area contributed by atoms with Crippen LogP contribution in [0.15, 0.2) is 0 Å². The highest BCUT2D eigenvalue weighted by Gasteiger charge is 2.31. The molecule has 1 saturated heterocycles. The van der Waals surface area contributed by atoms with Crippen molar-refractivity contribution in [2.75, 3.05) is 26.7 Å². The molecule has 0 bridgehead atoms. The fourth-order valence-corrected chi connectivity index (χ4v) is 2.33. The highest BCUT2D eigenvalue weighted by atomic mass is 16.6. The molecule has 1 aliphatic heterocycles. The van der Waals surface area contributed by atoms with Gasteiger partial charge in [0.25, 0.3) is 0 Å². The van der Waals surface area contributed by atoms with Gasteiger partial charge in [-0.15, -0.1) is 0 Å². The van der Waals surface area contributed by atoms with Crippen molar-refractivity contribution in [1.82, 2.24) is 9.80 Å². The molecule has 1 heterocycles. The van der Waals surface area contributed by atoms with Crippen LogP contribution in [0.5, 0.6) is 0 Å². The Morgan fingerprint density at radius 1 is 1.35 bits per heavy atom. The maximum Gasteiger partial charge on any atom is 0.410 e. The van der Waals surface area contributed by atoms with Crippen LogP contribution in [0.2, 0.25) is 0 Å². The van der Waals surface area contributed by atoms with E-state index in [0.29, 0.717) is 13.1 Å². The molecule has 2 N–H and O–H groups in total. The van der Waals surface area contributed by atoms with E-state index in [1.807, 2.05) is 20.8 Å². The summed E-state index contributed by atoms with van der Waals surface area (Å²) in [5.41, 5.74) is 4.86. The Labute approximate surface area is 121 Å². The van der Waals surface area contributed by atoms with Crippen LogP contribution in [-0.4, -0.2) is 60.1 Å². The Hall–Kier alpha value is -1.30. The van der Waals surface area contributed by atoms with Crippen molar-refractivity contribution in [2.24, 2.45) is 5.73 Å². The molecule has 0 aromatic rings. The first-order valence-corrected chi connectivity index (χ1v) is 7.18. The third-order valence-electron chi connectivity index (χ3n) is 3.34. The highest BCUT2D eigenvalue weighted by molar-refractivity contribution is 5.77. The molecule has 1 aliphatic rings. The first-order chi connectivity index (χ1) is 9.24. The average molecular weight is 285 g/mol. The number of ether oxygens (including phenoxy) is 1. The van der Waals surface area contributed by atoms with Gasteiger partial charge < -0.3 is 20.3 Å². The number of hydrogen-bond acceptors (Lipinski definition) is 4. The largest absolute Gasteiger partial charge is 0.444 e. The summed E-state index contributed by atoms with van der Waals surface area (Å²) in [4.78, 5) is 27.1. The number of piperidine rings is 1. The average Bonchev–Trinajstić information content (AvgIpc) is 2.36. The van der Waals surface area contributed by atoms with E-state index < -0.39 is 5.60 Å². The molecule has 6 heteroatoms. The van der Waals surface area contributed by atoms with Crippen molar-refractivity contribution in [3.8, 4) is 0 Å². The molecule has 0 saturated carbocycles. The lowest BCUT2D eigenvalue weighted by Crippen LogP contribution is -2.51. The second-order valence-corrected chi connectivity index (χ2v) is 6.30. The minimum Gasteiger partial charge on any atom is -0.444 e.